The highest BCUT2D eigenvalue weighted by atomic mass is 16.5. The molecule has 0 saturated heterocycles. The Labute approximate surface area is 94.1 Å². The lowest BCUT2D eigenvalue weighted by Gasteiger charge is -2.19. The van der Waals surface area contributed by atoms with E-state index in [1.54, 1.807) is 6.92 Å². The van der Waals surface area contributed by atoms with Crippen LogP contribution in [0, 0.1) is 6.92 Å². The average molecular weight is 215 g/mol. The average Bonchev–Trinajstić information content (AvgIpc) is 2.67. The van der Waals surface area contributed by atoms with E-state index in [9.17, 15) is 4.79 Å². The Hall–Kier alpha value is -1.64. The first kappa shape index (κ1) is 9.58. The normalized spacial score (nSPS) is 26.9. The molecule has 3 nitrogen and oxygen atoms in total. The van der Waals surface area contributed by atoms with Gasteiger partial charge in [-0.25, -0.2) is 0 Å². The van der Waals surface area contributed by atoms with E-state index in [1.165, 1.54) is 16.7 Å². The number of rotatable bonds is 0. The molecule has 1 aliphatic carbocycles. The Morgan fingerprint density at radius 1 is 1.25 bits per heavy atom. The summed E-state index contributed by atoms with van der Waals surface area (Å²) in [7, 11) is 0. The second-order valence-corrected chi connectivity index (χ2v) is 4.66. The van der Waals surface area contributed by atoms with Crippen molar-refractivity contribution in [3.8, 4) is 0 Å². The number of hydrogen-bond acceptors (Lipinski definition) is 2. The van der Waals surface area contributed by atoms with E-state index in [0.717, 1.165) is 0 Å². The zero-order valence-corrected chi connectivity index (χ0v) is 9.41. The number of benzene rings is 1. The van der Waals surface area contributed by atoms with Crippen LogP contribution in [0.3, 0.4) is 0 Å². The van der Waals surface area contributed by atoms with Gasteiger partial charge in [0.1, 0.15) is 0 Å². The minimum absolute atomic E-state index is 0.126. The van der Waals surface area contributed by atoms with Crippen molar-refractivity contribution in [2.75, 3.05) is 0 Å². The van der Waals surface area contributed by atoms with Gasteiger partial charge in [0.2, 0.25) is 0 Å². The predicted octanol–water partition coefficient (Wildman–Crippen LogP) is 1.81. The maximum Gasteiger partial charge on any atom is 0.293 e. The number of aryl methyl sites for hydroxylation is 1. The molecule has 1 spiro atoms. The van der Waals surface area contributed by atoms with Crippen molar-refractivity contribution in [1.29, 1.82) is 0 Å². The molecular weight excluding hydrogens is 202 g/mol. The van der Waals surface area contributed by atoms with Crippen molar-refractivity contribution in [3.63, 3.8) is 0 Å². The third kappa shape index (κ3) is 1.21. The van der Waals surface area contributed by atoms with Crippen molar-refractivity contribution >= 4 is 11.8 Å². The van der Waals surface area contributed by atoms with Gasteiger partial charge in [-0.3, -0.25) is 4.79 Å². The summed E-state index contributed by atoms with van der Waals surface area (Å²) in [5.41, 5.74) is 2.93. The quantitative estimate of drug-likeness (QED) is 0.662. The van der Waals surface area contributed by atoms with Crippen LogP contribution in [0.2, 0.25) is 0 Å². The molecule has 0 aromatic heterocycles. The van der Waals surface area contributed by atoms with Gasteiger partial charge >= 0.3 is 0 Å². The first-order valence-corrected chi connectivity index (χ1v) is 5.46. The molecule has 16 heavy (non-hydrogen) atoms. The van der Waals surface area contributed by atoms with Gasteiger partial charge < -0.3 is 4.74 Å². The van der Waals surface area contributed by atoms with Crippen LogP contribution in [0.25, 0.3) is 0 Å². The van der Waals surface area contributed by atoms with Crippen molar-refractivity contribution in [2.45, 2.75) is 32.3 Å². The smallest absolute Gasteiger partial charge is 0.293 e. The highest BCUT2D eigenvalue weighted by molar-refractivity contribution is 6.02. The summed E-state index contributed by atoms with van der Waals surface area (Å²) in [4.78, 5) is 15.7. The summed E-state index contributed by atoms with van der Waals surface area (Å²) >= 11 is 0. The molecule has 0 bridgehead atoms. The van der Waals surface area contributed by atoms with Crippen molar-refractivity contribution in [1.82, 2.24) is 0 Å². The first-order chi connectivity index (χ1) is 7.59. The van der Waals surface area contributed by atoms with E-state index in [0.29, 0.717) is 18.7 Å². The minimum atomic E-state index is -0.722. The van der Waals surface area contributed by atoms with Crippen LogP contribution >= 0.6 is 0 Å². The summed E-state index contributed by atoms with van der Waals surface area (Å²) in [5, 5.41) is 0. The van der Waals surface area contributed by atoms with Gasteiger partial charge in [-0.1, -0.05) is 23.8 Å². The molecule has 3 heteroatoms. The summed E-state index contributed by atoms with van der Waals surface area (Å²) in [6, 6.07) is 6.29. The molecule has 82 valence electrons. The number of aliphatic imine (C=N–C) groups is 1. The van der Waals surface area contributed by atoms with Crippen molar-refractivity contribution < 1.29 is 9.53 Å². The van der Waals surface area contributed by atoms with Crippen LogP contribution in [0.1, 0.15) is 23.6 Å². The Morgan fingerprint density at radius 3 is 2.69 bits per heavy atom. The van der Waals surface area contributed by atoms with E-state index < -0.39 is 5.60 Å². The number of amides is 1. The van der Waals surface area contributed by atoms with Gasteiger partial charge in [-0.2, -0.15) is 4.99 Å². The van der Waals surface area contributed by atoms with E-state index in [1.807, 2.05) is 0 Å². The van der Waals surface area contributed by atoms with Gasteiger partial charge in [-0.05, 0) is 18.1 Å². The fourth-order valence-corrected chi connectivity index (χ4v) is 2.59. The van der Waals surface area contributed by atoms with Crippen LogP contribution in [0.15, 0.2) is 23.2 Å². The summed E-state index contributed by atoms with van der Waals surface area (Å²) in [6.45, 7) is 3.80. The summed E-state index contributed by atoms with van der Waals surface area (Å²) in [6.07, 6.45) is 1.31. The molecule has 0 radical (unpaired) electrons. The van der Waals surface area contributed by atoms with E-state index in [-0.39, 0.29) is 5.91 Å². The topological polar surface area (TPSA) is 38.7 Å². The van der Waals surface area contributed by atoms with Gasteiger partial charge in [0, 0.05) is 19.8 Å². The molecule has 1 unspecified atom stereocenters. The molecule has 0 saturated carbocycles. The Balaban J connectivity index is 2.00. The minimum Gasteiger partial charge on any atom is -0.464 e. The van der Waals surface area contributed by atoms with Crippen LogP contribution in [-0.4, -0.2) is 17.4 Å². The maximum atomic E-state index is 11.8. The predicted molar refractivity (Wildman–Crippen MR) is 60.5 cm³/mol. The molecular formula is C13H13NO2. The van der Waals surface area contributed by atoms with Crippen LogP contribution in [0.5, 0.6) is 0 Å². The molecule has 1 amide bonds. The number of carbonyl (C=O) groups excluding carboxylic acids is 1. The van der Waals surface area contributed by atoms with Crippen LogP contribution in [0.4, 0.5) is 0 Å². The van der Waals surface area contributed by atoms with E-state index in [4.69, 9.17) is 4.74 Å². The third-order valence-corrected chi connectivity index (χ3v) is 3.31. The molecule has 2 aliphatic rings. The zero-order valence-electron chi connectivity index (χ0n) is 9.41. The molecule has 1 heterocycles. The number of fused-ring (bicyclic) bond motifs is 1. The molecule has 1 aromatic carbocycles. The largest absolute Gasteiger partial charge is 0.464 e. The second-order valence-electron chi connectivity index (χ2n) is 4.66. The molecule has 0 fully saturated rings. The zero-order chi connectivity index (χ0) is 11.3. The highest BCUT2D eigenvalue weighted by Crippen LogP contribution is 2.37. The molecule has 1 aromatic rings. The standard InChI is InChI=1S/C13H13NO2/c1-8-3-4-10-6-13(7-11(10)5-8)12(15)14-9(2)16-13/h3-5H,6-7H2,1-2H3. The Bertz CT molecular complexity index is 519. The fourth-order valence-electron chi connectivity index (χ4n) is 2.59. The molecule has 3 rings (SSSR count). The Kier molecular flexibility index (Phi) is 1.76. The maximum absolute atomic E-state index is 11.8. The van der Waals surface area contributed by atoms with Gasteiger partial charge in [0.15, 0.2) is 11.5 Å². The van der Waals surface area contributed by atoms with Crippen molar-refractivity contribution in [3.05, 3.63) is 34.9 Å². The number of ether oxygens (including phenoxy) is 1. The lowest BCUT2D eigenvalue weighted by molar-refractivity contribution is -0.130. The SMILES string of the molecule is CC1=NC(=O)C2(Cc3ccc(C)cc3C2)O1. The number of hydrogen-bond donors (Lipinski definition) is 0. The van der Waals surface area contributed by atoms with Crippen LogP contribution < -0.4 is 0 Å². The van der Waals surface area contributed by atoms with E-state index >= 15 is 0 Å². The highest BCUT2D eigenvalue weighted by Gasteiger charge is 2.49. The summed E-state index contributed by atoms with van der Waals surface area (Å²) < 4.78 is 5.64. The first-order valence-electron chi connectivity index (χ1n) is 5.46. The molecule has 1 atom stereocenters. The van der Waals surface area contributed by atoms with Gasteiger partial charge in [-0.15, -0.1) is 0 Å². The lowest BCUT2D eigenvalue weighted by atomic mass is 10.00. The van der Waals surface area contributed by atoms with Crippen LogP contribution in [-0.2, 0) is 22.4 Å². The Morgan fingerprint density at radius 2 is 2.00 bits per heavy atom. The van der Waals surface area contributed by atoms with Crippen molar-refractivity contribution in [2.24, 2.45) is 4.99 Å². The molecule has 1 aliphatic heterocycles. The number of nitrogens with zero attached hydrogens (tertiary/aromatic N) is 1. The third-order valence-electron chi connectivity index (χ3n) is 3.31. The van der Waals surface area contributed by atoms with E-state index in [2.05, 4.69) is 30.1 Å². The van der Waals surface area contributed by atoms with Gasteiger partial charge in [0.25, 0.3) is 5.91 Å². The second kappa shape index (κ2) is 2.94. The number of carbonyl (C=O) groups is 1. The monoisotopic (exact) mass is 215 g/mol. The lowest BCUT2D eigenvalue weighted by Crippen LogP contribution is -2.37. The van der Waals surface area contributed by atoms with Gasteiger partial charge in [0.05, 0.1) is 0 Å². The fraction of sp³-hybridized carbons (Fsp3) is 0.385. The summed E-state index contributed by atoms with van der Waals surface area (Å²) in [5.74, 6) is 0.369. The molecule has 0 N–H and O–H groups in total.